The van der Waals surface area contributed by atoms with Gasteiger partial charge in [0.05, 0.1) is 11.7 Å². The first-order valence-electron chi connectivity index (χ1n) is 12.8. The fourth-order valence-corrected chi connectivity index (χ4v) is 4.70. The van der Waals surface area contributed by atoms with E-state index in [0.717, 1.165) is 12.8 Å². The van der Waals surface area contributed by atoms with Crippen LogP contribution in [-0.2, 0) is 17.4 Å². The standard InChI is InChI=1S/C30H35FN2O5/c1-17-9-22(31)10-18(2)29(17)38-26-8-7-21(30(4,5)36)13-24(26)25-16-33(6)28(35)14-27(25)37-23-11-20(12-23)15-32-19(3)34/h7-10,13-14,16,20,23,36H,11-12,15H2,1-6H3,(H,32,34). The first kappa shape index (κ1) is 27.4. The van der Waals surface area contributed by atoms with Gasteiger partial charge in [0.2, 0.25) is 5.91 Å². The largest absolute Gasteiger partial charge is 0.489 e. The highest BCUT2D eigenvalue weighted by atomic mass is 19.1. The van der Waals surface area contributed by atoms with Crippen LogP contribution in [0.3, 0.4) is 0 Å². The first-order chi connectivity index (χ1) is 17.8. The number of aliphatic hydroxyl groups is 1. The minimum Gasteiger partial charge on any atom is -0.489 e. The van der Waals surface area contributed by atoms with Crippen LogP contribution >= 0.6 is 0 Å². The van der Waals surface area contributed by atoms with Gasteiger partial charge in [-0.2, -0.15) is 0 Å². The number of aryl methyl sites for hydroxylation is 3. The van der Waals surface area contributed by atoms with Crippen LogP contribution < -0.4 is 20.3 Å². The Bertz CT molecular complexity index is 1390. The number of benzene rings is 2. The number of ether oxygens (including phenoxy) is 2. The highest BCUT2D eigenvalue weighted by Gasteiger charge is 2.32. The van der Waals surface area contributed by atoms with Crippen LogP contribution in [0.25, 0.3) is 11.1 Å². The number of nitrogens with zero attached hydrogens (tertiary/aromatic N) is 1. The summed E-state index contributed by atoms with van der Waals surface area (Å²) in [5, 5.41) is 13.6. The zero-order chi connectivity index (χ0) is 27.8. The third-order valence-electron chi connectivity index (χ3n) is 6.93. The average molecular weight is 523 g/mol. The molecule has 0 atom stereocenters. The second kappa shape index (κ2) is 10.6. The molecule has 1 aliphatic carbocycles. The van der Waals surface area contributed by atoms with Crippen LogP contribution in [0, 0.1) is 25.6 Å². The monoisotopic (exact) mass is 522 g/mol. The molecular formula is C30H35FN2O5. The van der Waals surface area contributed by atoms with E-state index in [2.05, 4.69) is 5.32 Å². The molecule has 1 fully saturated rings. The molecule has 202 valence electrons. The number of carbonyl (C=O) groups is 1. The number of rotatable bonds is 8. The predicted octanol–water partition coefficient (Wildman–Crippen LogP) is 5.12. The molecule has 1 aromatic heterocycles. The summed E-state index contributed by atoms with van der Waals surface area (Å²) in [6.07, 6.45) is 3.13. The number of amides is 1. The molecule has 38 heavy (non-hydrogen) atoms. The summed E-state index contributed by atoms with van der Waals surface area (Å²) in [7, 11) is 1.66. The minimum atomic E-state index is -1.12. The lowest BCUT2D eigenvalue weighted by molar-refractivity contribution is -0.119. The Labute approximate surface area is 222 Å². The molecule has 4 rings (SSSR count). The van der Waals surface area contributed by atoms with Crippen molar-refractivity contribution in [1.29, 1.82) is 0 Å². The minimum absolute atomic E-state index is 0.0611. The summed E-state index contributed by atoms with van der Waals surface area (Å²) in [5.41, 5.74) is 1.88. The molecule has 2 N–H and O–H groups in total. The van der Waals surface area contributed by atoms with Crippen molar-refractivity contribution in [2.45, 2.75) is 59.2 Å². The van der Waals surface area contributed by atoms with E-state index in [0.29, 0.717) is 57.5 Å². The average Bonchev–Trinajstić information content (AvgIpc) is 2.79. The van der Waals surface area contributed by atoms with E-state index >= 15 is 0 Å². The Kier molecular flexibility index (Phi) is 7.65. The normalized spacial score (nSPS) is 17.1. The van der Waals surface area contributed by atoms with E-state index in [1.54, 1.807) is 53.1 Å². The Balaban J connectivity index is 1.75. The lowest BCUT2D eigenvalue weighted by Crippen LogP contribution is -2.40. The molecule has 0 unspecified atom stereocenters. The van der Waals surface area contributed by atoms with E-state index < -0.39 is 5.60 Å². The number of hydrogen-bond donors (Lipinski definition) is 2. The van der Waals surface area contributed by atoms with Gasteiger partial charge in [-0.25, -0.2) is 4.39 Å². The SMILES string of the molecule is CC(=O)NCC1CC(Oc2cc(=O)n(C)cc2-c2cc(C(C)(C)O)ccc2Oc2c(C)cc(F)cc2C)C1. The van der Waals surface area contributed by atoms with Crippen molar-refractivity contribution in [3.8, 4) is 28.4 Å². The molecule has 0 spiro atoms. The summed E-state index contributed by atoms with van der Waals surface area (Å²) in [4.78, 5) is 23.8. The number of halogens is 1. The van der Waals surface area contributed by atoms with Gasteiger partial charge >= 0.3 is 0 Å². The number of hydrogen-bond acceptors (Lipinski definition) is 5. The van der Waals surface area contributed by atoms with Gasteiger partial charge in [-0.15, -0.1) is 0 Å². The Morgan fingerprint density at radius 3 is 2.37 bits per heavy atom. The van der Waals surface area contributed by atoms with Crippen LogP contribution in [0.5, 0.6) is 17.2 Å². The van der Waals surface area contributed by atoms with E-state index in [4.69, 9.17) is 9.47 Å². The third-order valence-corrected chi connectivity index (χ3v) is 6.93. The fourth-order valence-electron chi connectivity index (χ4n) is 4.70. The lowest BCUT2D eigenvalue weighted by Gasteiger charge is -2.36. The quantitative estimate of drug-likeness (QED) is 0.429. The van der Waals surface area contributed by atoms with Gasteiger partial charge in [-0.05, 0) is 87.4 Å². The van der Waals surface area contributed by atoms with Gasteiger partial charge in [0.1, 0.15) is 23.1 Å². The van der Waals surface area contributed by atoms with Crippen molar-refractivity contribution >= 4 is 5.91 Å². The van der Waals surface area contributed by atoms with E-state index in [-0.39, 0.29) is 23.4 Å². The molecule has 3 aromatic rings. The maximum atomic E-state index is 13.9. The van der Waals surface area contributed by atoms with Crippen LogP contribution in [0.1, 0.15) is 50.3 Å². The molecule has 1 heterocycles. The van der Waals surface area contributed by atoms with Crippen molar-refractivity contribution < 1.29 is 23.8 Å². The summed E-state index contributed by atoms with van der Waals surface area (Å²) < 4.78 is 28.1. The zero-order valence-electron chi connectivity index (χ0n) is 22.7. The molecule has 1 saturated carbocycles. The van der Waals surface area contributed by atoms with Gasteiger partial charge in [-0.3, -0.25) is 9.59 Å². The van der Waals surface area contributed by atoms with Crippen LogP contribution in [-0.4, -0.2) is 28.2 Å². The second-order valence-corrected chi connectivity index (χ2v) is 10.8. The molecular weight excluding hydrogens is 487 g/mol. The van der Waals surface area contributed by atoms with Gasteiger partial charge in [0, 0.05) is 43.9 Å². The van der Waals surface area contributed by atoms with Crippen LogP contribution in [0.2, 0.25) is 0 Å². The van der Waals surface area contributed by atoms with Crippen molar-refractivity contribution in [2.24, 2.45) is 13.0 Å². The summed E-state index contributed by atoms with van der Waals surface area (Å²) in [6.45, 7) is 9.05. The molecule has 0 radical (unpaired) electrons. The molecule has 1 aliphatic rings. The van der Waals surface area contributed by atoms with E-state index in [1.807, 2.05) is 6.07 Å². The summed E-state index contributed by atoms with van der Waals surface area (Å²) in [5.74, 6) is 1.36. The highest BCUT2D eigenvalue weighted by molar-refractivity contribution is 5.76. The van der Waals surface area contributed by atoms with Crippen molar-refractivity contribution in [2.75, 3.05) is 6.54 Å². The molecule has 8 heteroatoms. The summed E-state index contributed by atoms with van der Waals surface area (Å²) >= 11 is 0. The Morgan fingerprint density at radius 2 is 1.76 bits per heavy atom. The highest BCUT2D eigenvalue weighted by Crippen LogP contribution is 2.43. The predicted molar refractivity (Wildman–Crippen MR) is 144 cm³/mol. The number of nitrogens with one attached hydrogen (secondary N) is 1. The van der Waals surface area contributed by atoms with Gasteiger partial charge < -0.3 is 24.5 Å². The van der Waals surface area contributed by atoms with Crippen molar-refractivity contribution in [3.63, 3.8) is 0 Å². The number of aromatic nitrogens is 1. The topological polar surface area (TPSA) is 89.8 Å². The lowest BCUT2D eigenvalue weighted by atomic mass is 9.82. The molecule has 0 aliphatic heterocycles. The molecule has 1 amide bonds. The molecule has 2 aromatic carbocycles. The number of carbonyl (C=O) groups excluding carboxylic acids is 1. The van der Waals surface area contributed by atoms with E-state index in [9.17, 15) is 19.1 Å². The maximum Gasteiger partial charge on any atom is 0.254 e. The zero-order valence-corrected chi connectivity index (χ0v) is 22.7. The van der Waals surface area contributed by atoms with Crippen LogP contribution in [0.15, 0.2) is 47.4 Å². The molecule has 0 saturated heterocycles. The van der Waals surface area contributed by atoms with Gasteiger partial charge in [-0.1, -0.05) is 6.07 Å². The molecule has 7 nitrogen and oxygen atoms in total. The maximum absolute atomic E-state index is 13.9. The third kappa shape index (κ3) is 6.07. The Hall–Kier alpha value is -3.65. The molecule has 0 bridgehead atoms. The number of pyridine rings is 1. The van der Waals surface area contributed by atoms with Gasteiger partial charge in [0.25, 0.3) is 5.56 Å². The second-order valence-electron chi connectivity index (χ2n) is 10.8. The Morgan fingerprint density at radius 1 is 1.11 bits per heavy atom. The van der Waals surface area contributed by atoms with Crippen molar-refractivity contribution in [1.82, 2.24) is 9.88 Å². The van der Waals surface area contributed by atoms with E-state index in [1.165, 1.54) is 29.7 Å². The van der Waals surface area contributed by atoms with Gasteiger partial charge in [0.15, 0.2) is 0 Å². The fraction of sp³-hybridized carbons (Fsp3) is 0.400. The van der Waals surface area contributed by atoms with Crippen molar-refractivity contribution in [3.05, 3.63) is 75.5 Å². The summed E-state index contributed by atoms with van der Waals surface area (Å²) in [6, 6.07) is 9.69. The van der Waals surface area contributed by atoms with Crippen LogP contribution in [0.4, 0.5) is 4.39 Å². The first-order valence-corrected chi connectivity index (χ1v) is 12.8. The smallest absolute Gasteiger partial charge is 0.254 e.